The Morgan fingerprint density at radius 2 is 2.05 bits per heavy atom. The van der Waals surface area contributed by atoms with Crippen LogP contribution in [0.25, 0.3) is 0 Å². The molecule has 1 atom stereocenters. The fourth-order valence-corrected chi connectivity index (χ4v) is 2.24. The minimum atomic E-state index is -0.448. The lowest BCUT2D eigenvalue weighted by molar-refractivity contribution is 0.203. The van der Waals surface area contributed by atoms with Gasteiger partial charge in [0.25, 0.3) is 0 Å². The molecule has 1 aromatic carbocycles. The van der Waals surface area contributed by atoms with Crippen LogP contribution < -0.4 is 5.73 Å². The Morgan fingerprint density at radius 1 is 1.30 bits per heavy atom. The van der Waals surface area contributed by atoms with Gasteiger partial charge >= 0.3 is 6.03 Å². The number of carbonyl (C=O) groups is 1. The number of nitrogens with zero attached hydrogens (tertiary/aromatic N) is 5. The van der Waals surface area contributed by atoms with E-state index in [9.17, 15) is 4.79 Å². The van der Waals surface area contributed by atoms with Crippen molar-refractivity contribution < 1.29 is 4.79 Å². The Hall–Kier alpha value is -2.70. The van der Waals surface area contributed by atoms with Crippen molar-refractivity contribution >= 4 is 11.9 Å². The molecule has 0 aliphatic carbocycles. The van der Waals surface area contributed by atoms with E-state index in [0.29, 0.717) is 12.2 Å². The summed E-state index contributed by atoms with van der Waals surface area (Å²) in [4.78, 5) is 18.8. The molecule has 0 spiro atoms. The van der Waals surface area contributed by atoms with Crippen LogP contribution in [-0.2, 0) is 13.6 Å². The van der Waals surface area contributed by atoms with Crippen LogP contribution in [-0.4, -0.2) is 31.8 Å². The molecule has 1 aliphatic heterocycles. The second kappa shape index (κ2) is 4.76. The molecule has 1 unspecified atom stereocenters. The zero-order chi connectivity index (χ0) is 14.1. The van der Waals surface area contributed by atoms with Crippen LogP contribution >= 0.6 is 0 Å². The van der Waals surface area contributed by atoms with Gasteiger partial charge in [0.15, 0.2) is 0 Å². The van der Waals surface area contributed by atoms with E-state index in [1.54, 1.807) is 18.1 Å². The lowest BCUT2D eigenvalue weighted by Crippen LogP contribution is -2.33. The molecule has 20 heavy (non-hydrogen) atoms. The highest BCUT2D eigenvalue weighted by Gasteiger charge is 2.36. The van der Waals surface area contributed by atoms with Crippen molar-refractivity contribution in [3.05, 3.63) is 47.8 Å². The molecule has 0 radical (unpaired) electrons. The molecule has 3 rings (SSSR count). The van der Waals surface area contributed by atoms with E-state index in [2.05, 4.69) is 15.2 Å². The van der Waals surface area contributed by atoms with Crippen molar-refractivity contribution in [2.75, 3.05) is 0 Å². The Kier molecular flexibility index (Phi) is 2.94. The van der Waals surface area contributed by atoms with Crippen LogP contribution in [0.2, 0.25) is 0 Å². The van der Waals surface area contributed by atoms with Crippen LogP contribution in [0.1, 0.15) is 17.3 Å². The van der Waals surface area contributed by atoms with E-state index in [4.69, 9.17) is 5.73 Å². The van der Waals surface area contributed by atoms with E-state index >= 15 is 0 Å². The van der Waals surface area contributed by atoms with E-state index in [1.165, 1.54) is 4.80 Å². The molecule has 0 saturated heterocycles. The first-order valence-corrected chi connectivity index (χ1v) is 6.20. The van der Waals surface area contributed by atoms with Gasteiger partial charge in [-0.15, -0.1) is 0 Å². The summed E-state index contributed by atoms with van der Waals surface area (Å²) >= 11 is 0. The van der Waals surface area contributed by atoms with Gasteiger partial charge in [0.2, 0.25) is 0 Å². The molecule has 7 nitrogen and oxygen atoms in total. The number of benzene rings is 1. The van der Waals surface area contributed by atoms with Gasteiger partial charge in [-0.2, -0.15) is 20.0 Å². The van der Waals surface area contributed by atoms with Crippen molar-refractivity contribution in [1.29, 1.82) is 0 Å². The number of hydrogen-bond donors (Lipinski definition) is 1. The van der Waals surface area contributed by atoms with Gasteiger partial charge in [0.05, 0.1) is 6.20 Å². The maximum Gasteiger partial charge on any atom is 0.346 e. The van der Waals surface area contributed by atoms with Crippen molar-refractivity contribution in [3.8, 4) is 0 Å². The van der Waals surface area contributed by atoms with E-state index in [0.717, 1.165) is 5.56 Å². The van der Waals surface area contributed by atoms with E-state index < -0.39 is 6.04 Å². The summed E-state index contributed by atoms with van der Waals surface area (Å²) in [7, 11) is 1.72. The Labute approximate surface area is 115 Å². The summed E-state index contributed by atoms with van der Waals surface area (Å²) in [5, 5.41) is 8.24. The number of aryl methyl sites for hydroxylation is 1. The molecule has 102 valence electrons. The number of carbonyl (C=O) groups excluding carboxylic acids is 1. The molecular formula is C13H14N6O. The van der Waals surface area contributed by atoms with Crippen molar-refractivity contribution in [2.24, 2.45) is 17.8 Å². The number of amidine groups is 1. The van der Waals surface area contributed by atoms with Crippen LogP contribution in [0.5, 0.6) is 0 Å². The SMILES string of the molecule is Cn1ncc(C2C(N)=NC(=O)N2Cc2ccccc2)n1. The predicted molar refractivity (Wildman–Crippen MR) is 72.7 cm³/mol. The molecule has 2 heterocycles. The highest BCUT2D eigenvalue weighted by Crippen LogP contribution is 2.26. The second-order valence-corrected chi connectivity index (χ2v) is 4.59. The summed E-state index contributed by atoms with van der Waals surface area (Å²) in [6, 6.07) is 8.90. The van der Waals surface area contributed by atoms with Gasteiger partial charge in [0, 0.05) is 13.6 Å². The van der Waals surface area contributed by atoms with Crippen molar-refractivity contribution in [3.63, 3.8) is 0 Å². The van der Waals surface area contributed by atoms with Gasteiger partial charge in [0.1, 0.15) is 17.6 Å². The highest BCUT2D eigenvalue weighted by atomic mass is 16.2. The molecule has 1 aromatic heterocycles. The van der Waals surface area contributed by atoms with Crippen molar-refractivity contribution in [2.45, 2.75) is 12.6 Å². The quantitative estimate of drug-likeness (QED) is 0.895. The lowest BCUT2D eigenvalue weighted by Gasteiger charge is -2.22. The maximum absolute atomic E-state index is 12.0. The number of nitrogens with two attached hydrogens (primary N) is 1. The zero-order valence-corrected chi connectivity index (χ0v) is 11.0. The third kappa shape index (κ3) is 2.13. The standard InChI is InChI=1S/C13H14N6O/c1-18-15-7-10(17-18)11-12(14)16-13(20)19(11)8-9-5-3-2-4-6-9/h2-7,11H,8H2,1H3,(H2,14,16,20). The Morgan fingerprint density at radius 3 is 2.70 bits per heavy atom. The van der Waals surface area contributed by atoms with Gasteiger partial charge < -0.3 is 10.6 Å². The van der Waals surface area contributed by atoms with Gasteiger partial charge in [-0.25, -0.2) is 4.79 Å². The first-order chi connectivity index (χ1) is 9.65. The number of aromatic nitrogens is 3. The molecular weight excluding hydrogens is 256 g/mol. The average molecular weight is 270 g/mol. The van der Waals surface area contributed by atoms with E-state index in [1.807, 2.05) is 30.3 Å². The Bertz CT molecular complexity index is 663. The maximum atomic E-state index is 12.0. The summed E-state index contributed by atoms with van der Waals surface area (Å²) in [5.74, 6) is 0.256. The average Bonchev–Trinajstić information content (AvgIpc) is 2.95. The Balaban J connectivity index is 1.90. The van der Waals surface area contributed by atoms with Gasteiger partial charge in [-0.1, -0.05) is 30.3 Å². The molecule has 0 saturated carbocycles. The normalized spacial score (nSPS) is 18.4. The fourth-order valence-electron chi connectivity index (χ4n) is 2.24. The number of hydrogen-bond acceptors (Lipinski definition) is 4. The predicted octanol–water partition coefficient (Wildman–Crippen LogP) is 0.849. The largest absolute Gasteiger partial charge is 0.385 e. The first-order valence-electron chi connectivity index (χ1n) is 6.20. The van der Waals surface area contributed by atoms with Gasteiger partial charge in [-0.05, 0) is 5.56 Å². The summed E-state index contributed by atoms with van der Waals surface area (Å²) in [6.45, 7) is 0.436. The topological polar surface area (TPSA) is 89.4 Å². The summed E-state index contributed by atoms with van der Waals surface area (Å²) in [6.07, 6.45) is 1.60. The monoisotopic (exact) mass is 270 g/mol. The third-order valence-corrected chi connectivity index (χ3v) is 3.16. The molecule has 7 heteroatoms. The molecule has 2 amide bonds. The molecule has 1 aliphatic rings. The van der Waals surface area contributed by atoms with Crippen LogP contribution in [0.4, 0.5) is 4.79 Å². The van der Waals surface area contributed by atoms with Crippen LogP contribution in [0.3, 0.4) is 0 Å². The van der Waals surface area contributed by atoms with Crippen LogP contribution in [0.15, 0.2) is 41.5 Å². The number of urea groups is 1. The first kappa shape index (κ1) is 12.3. The minimum Gasteiger partial charge on any atom is -0.385 e. The third-order valence-electron chi connectivity index (χ3n) is 3.16. The molecule has 0 fully saturated rings. The number of amides is 2. The smallest absolute Gasteiger partial charge is 0.346 e. The lowest BCUT2D eigenvalue weighted by atomic mass is 10.1. The number of aliphatic imine (C=N–C) groups is 1. The minimum absolute atomic E-state index is 0.256. The molecule has 0 bridgehead atoms. The van der Waals surface area contributed by atoms with Gasteiger partial charge in [-0.3, -0.25) is 0 Å². The fraction of sp³-hybridized carbons (Fsp3) is 0.231. The second-order valence-electron chi connectivity index (χ2n) is 4.59. The number of rotatable bonds is 3. The zero-order valence-electron chi connectivity index (χ0n) is 11.0. The summed E-state index contributed by atoms with van der Waals surface area (Å²) < 4.78 is 0. The summed E-state index contributed by atoms with van der Waals surface area (Å²) in [5.41, 5.74) is 7.50. The molecule has 2 N–H and O–H groups in total. The van der Waals surface area contributed by atoms with Crippen molar-refractivity contribution in [1.82, 2.24) is 19.9 Å². The molecule has 2 aromatic rings. The van der Waals surface area contributed by atoms with E-state index in [-0.39, 0.29) is 11.9 Å². The highest BCUT2D eigenvalue weighted by molar-refractivity contribution is 6.03. The van der Waals surface area contributed by atoms with Crippen LogP contribution in [0, 0.1) is 0 Å².